The lowest BCUT2D eigenvalue weighted by Gasteiger charge is -2.44. The third-order valence-electron chi connectivity index (χ3n) is 6.72. The second-order valence-electron chi connectivity index (χ2n) is 8.39. The Morgan fingerprint density at radius 3 is 2.77 bits per heavy atom. The Bertz CT molecular complexity index is 654. The van der Waals surface area contributed by atoms with E-state index in [-0.39, 0.29) is 29.1 Å². The highest BCUT2D eigenvalue weighted by Crippen LogP contribution is 2.71. The average Bonchev–Trinajstić information content (AvgIpc) is 3.22. The molecule has 1 saturated heterocycles. The third kappa shape index (κ3) is 2.63. The minimum absolute atomic E-state index is 0.0198. The van der Waals surface area contributed by atoms with Crippen molar-refractivity contribution in [2.45, 2.75) is 45.5 Å². The van der Waals surface area contributed by atoms with E-state index in [1.165, 1.54) is 13.8 Å². The summed E-state index contributed by atoms with van der Waals surface area (Å²) in [5, 5.41) is 11.2. The number of carbonyl (C=O) groups excluding carboxylic acids is 2. The minimum Gasteiger partial charge on any atom is -0.465 e. The Hall–Kier alpha value is -1.60. The fourth-order valence-corrected chi connectivity index (χ4v) is 5.59. The van der Waals surface area contributed by atoms with Crippen molar-refractivity contribution in [2.24, 2.45) is 29.1 Å². The summed E-state index contributed by atoms with van der Waals surface area (Å²) in [5.74, 6) is -0.597. The zero-order valence-electron chi connectivity index (χ0n) is 15.4. The molecule has 1 N–H and O–H groups in total. The molecule has 0 bridgehead atoms. The standard InChI is InChI=1S/C19H26O7/c1-10(20)25-9-19-8-23-6-12-7-24-17(26-11(2)21)16-14(12)15(19)13(19)4-5-18(16,3)22/h7,13-17,22H,4-6,8-9H2,1-3H3/t13-,14-,15-,16+,17+,18-,19+/m1/s1. The van der Waals surface area contributed by atoms with Crippen LogP contribution in [0.1, 0.15) is 33.6 Å². The van der Waals surface area contributed by atoms with Gasteiger partial charge in [0.05, 0.1) is 37.6 Å². The van der Waals surface area contributed by atoms with Crippen molar-refractivity contribution in [1.29, 1.82) is 0 Å². The van der Waals surface area contributed by atoms with Crippen LogP contribution >= 0.6 is 0 Å². The van der Waals surface area contributed by atoms with Gasteiger partial charge in [0.25, 0.3) is 0 Å². The zero-order chi connectivity index (χ0) is 18.7. The van der Waals surface area contributed by atoms with Gasteiger partial charge in [-0.15, -0.1) is 0 Å². The van der Waals surface area contributed by atoms with Crippen LogP contribution in [0.15, 0.2) is 11.8 Å². The maximum atomic E-state index is 11.6. The lowest BCUT2D eigenvalue weighted by molar-refractivity contribution is -0.211. The number of rotatable bonds is 3. The van der Waals surface area contributed by atoms with Gasteiger partial charge in [-0.25, -0.2) is 0 Å². The Morgan fingerprint density at radius 1 is 1.31 bits per heavy atom. The maximum Gasteiger partial charge on any atom is 0.305 e. The van der Waals surface area contributed by atoms with Crippen LogP contribution in [-0.2, 0) is 28.5 Å². The Kier molecular flexibility index (Phi) is 4.08. The summed E-state index contributed by atoms with van der Waals surface area (Å²) in [6.45, 7) is 5.82. The molecule has 7 nitrogen and oxygen atoms in total. The number of ether oxygens (including phenoxy) is 4. The number of carbonyl (C=O) groups is 2. The van der Waals surface area contributed by atoms with E-state index in [1.54, 1.807) is 13.2 Å². The summed E-state index contributed by atoms with van der Waals surface area (Å²) >= 11 is 0. The van der Waals surface area contributed by atoms with Crippen molar-refractivity contribution >= 4 is 11.9 Å². The van der Waals surface area contributed by atoms with Crippen LogP contribution in [0.2, 0.25) is 0 Å². The number of hydrogen-bond acceptors (Lipinski definition) is 7. The summed E-state index contributed by atoms with van der Waals surface area (Å²) in [4.78, 5) is 22.9. The van der Waals surface area contributed by atoms with Gasteiger partial charge >= 0.3 is 11.9 Å². The highest BCUT2D eigenvalue weighted by molar-refractivity contribution is 5.66. The lowest BCUT2D eigenvalue weighted by atomic mass is 9.70. The van der Waals surface area contributed by atoms with Crippen LogP contribution in [-0.4, -0.2) is 48.8 Å². The molecule has 2 saturated carbocycles. The van der Waals surface area contributed by atoms with E-state index < -0.39 is 17.9 Å². The molecular formula is C19H26O7. The van der Waals surface area contributed by atoms with Gasteiger partial charge in [-0.1, -0.05) is 0 Å². The van der Waals surface area contributed by atoms with Gasteiger partial charge in [0.1, 0.15) is 0 Å². The van der Waals surface area contributed by atoms with Crippen molar-refractivity contribution in [3.8, 4) is 0 Å². The molecule has 144 valence electrons. The molecule has 7 heteroatoms. The molecule has 2 heterocycles. The SMILES string of the molecule is CC(=O)OC[C@]12COCC3=CO[C@@H](OC(C)=O)[C@@H]4[C@H]3[C@H]1[C@H]2CC[C@@]4(C)O. The van der Waals surface area contributed by atoms with E-state index in [2.05, 4.69) is 0 Å². The van der Waals surface area contributed by atoms with E-state index in [0.29, 0.717) is 32.2 Å². The van der Waals surface area contributed by atoms with Gasteiger partial charge < -0.3 is 24.1 Å². The Balaban J connectivity index is 1.71. The maximum absolute atomic E-state index is 11.6. The quantitative estimate of drug-likeness (QED) is 0.755. The molecule has 7 atom stereocenters. The van der Waals surface area contributed by atoms with Gasteiger partial charge in [0.2, 0.25) is 6.29 Å². The topological polar surface area (TPSA) is 91.3 Å². The molecule has 4 rings (SSSR count). The first kappa shape index (κ1) is 17.8. The second-order valence-corrected chi connectivity index (χ2v) is 8.39. The molecule has 0 amide bonds. The molecular weight excluding hydrogens is 340 g/mol. The first-order valence-corrected chi connectivity index (χ1v) is 9.21. The number of esters is 2. The summed E-state index contributed by atoms with van der Waals surface area (Å²) in [6, 6.07) is 0. The largest absolute Gasteiger partial charge is 0.465 e. The van der Waals surface area contributed by atoms with E-state index in [1.807, 2.05) is 0 Å². The minimum atomic E-state index is -1.02. The molecule has 26 heavy (non-hydrogen) atoms. The summed E-state index contributed by atoms with van der Waals surface area (Å²) in [6.07, 6.45) is 2.20. The summed E-state index contributed by atoms with van der Waals surface area (Å²) in [5.41, 5.74) is -0.258. The molecule has 0 radical (unpaired) electrons. The molecule has 2 aliphatic heterocycles. The van der Waals surface area contributed by atoms with E-state index in [9.17, 15) is 14.7 Å². The number of hydrogen-bond donors (Lipinski definition) is 1. The molecule has 4 aliphatic rings. The van der Waals surface area contributed by atoms with Crippen LogP contribution in [0.5, 0.6) is 0 Å². The third-order valence-corrected chi connectivity index (χ3v) is 6.72. The fourth-order valence-electron chi connectivity index (χ4n) is 5.59. The predicted octanol–water partition coefficient (Wildman–Crippen LogP) is 1.39. The Labute approximate surface area is 152 Å². The molecule has 0 aromatic carbocycles. The molecule has 3 fully saturated rings. The number of aliphatic hydroxyl groups is 1. The first-order chi connectivity index (χ1) is 12.3. The highest BCUT2D eigenvalue weighted by Gasteiger charge is 2.73. The van der Waals surface area contributed by atoms with Gasteiger partial charge in [0.15, 0.2) is 0 Å². The van der Waals surface area contributed by atoms with Crippen LogP contribution in [0.3, 0.4) is 0 Å². The fraction of sp³-hybridized carbons (Fsp3) is 0.789. The lowest BCUT2D eigenvalue weighted by Crippen LogP contribution is -2.51. The molecule has 0 spiro atoms. The van der Waals surface area contributed by atoms with Crippen LogP contribution in [0, 0.1) is 29.1 Å². The van der Waals surface area contributed by atoms with Gasteiger partial charge in [-0.05, 0) is 37.2 Å². The van der Waals surface area contributed by atoms with Gasteiger partial charge in [-0.2, -0.15) is 0 Å². The molecule has 0 unspecified atom stereocenters. The predicted molar refractivity (Wildman–Crippen MR) is 88.4 cm³/mol. The van der Waals surface area contributed by atoms with E-state index in [0.717, 1.165) is 12.0 Å². The van der Waals surface area contributed by atoms with Crippen molar-refractivity contribution in [3.63, 3.8) is 0 Å². The molecule has 0 aromatic heterocycles. The van der Waals surface area contributed by atoms with Gasteiger partial charge in [-0.3, -0.25) is 9.59 Å². The molecule has 0 aromatic rings. The summed E-state index contributed by atoms with van der Waals surface area (Å²) in [7, 11) is 0. The number of fused-ring (bicyclic) bond motifs is 1. The van der Waals surface area contributed by atoms with Crippen molar-refractivity contribution in [2.75, 3.05) is 19.8 Å². The van der Waals surface area contributed by atoms with Crippen LogP contribution in [0.25, 0.3) is 0 Å². The van der Waals surface area contributed by atoms with E-state index in [4.69, 9.17) is 18.9 Å². The van der Waals surface area contributed by atoms with Gasteiger partial charge in [0, 0.05) is 25.2 Å². The second kappa shape index (κ2) is 5.96. The zero-order valence-corrected chi connectivity index (χ0v) is 15.4. The van der Waals surface area contributed by atoms with Crippen LogP contribution < -0.4 is 0 Å². The Morgan fingerprint density at radius 2 is 2.08 bits per heavy atom. The monoisotopic (exact) mass is 366 g/mol. The first-order valence-electron chi connectivity index (χ1n) is 9.21. The van der Waals surface area contributed by atoms with Crippen molar-refractivity contribution in [1.82, 2.24) is 0 Å². The summed E-state index contributed by atoms with van der Waals surface area (Å²) < 4.78 is 22.4. The van der Waals surface area contributed by atoms with Crippen molar-refractivity contribution < 1.29 is 33.6 Å². The molecule has 2 aliphatic carbocycles. The highest BCUT2D eigenvalue weighted by atomic mass is 16.7. The van der Waals surface area contributed by atoms with Crippen LogP contribution in [0.4, 0.5) is 0 Å². The smallest absolute Gasteiger partial charge is 0.305 e. The van der Waals surface area contributed by atoms with E-state index >= 15 is 0 Å². The normalized spacial score (nSPS) is 45.8. The average molecular weight is 366 g/mol. The van der Waals surface area contributed by atoms with Crippen molar-refractivity contribution in [3.05, 3.63) is 11.8 Å².